The van der Waals surface area contributed by atoms with Crippen molar-refractivity contribution in [1.82, 2.24) is 10.6 Å². The average Bonchev–Trinajstić information content (AvgIpc) is 2.53. The molecule has 0 saturated carbocycles. The molecular weight excluding hydrogens is 216 g/mol. The molecule has 3 rings (SSSR count). The fourth-order valence-corrected chi connectivity index (χ4v) is 2.38. The Hall–Kier alpha value is -1.88. The molecule has 1 aromatic rings. The van der Waals surface area contributed by atoms with Crippen LogP contribution in [0.25, 0.3) is 0 Å². The number of anilines is 1. The highest BCUT2D eigenvalue weighted by atomic mass is 16.2. The van der Waals surface area contributed by atoms with Gasteiger partial charge in [-0.2, -0.15) is 0 Å². The van der Waals surface area contributed by atoms with Crippen LogP contribution in [-0.4, -0.2) is 37.4 Å². The highest BCUT2D eigenvalue weighted by Gasteiger charge is 2.33. The normalized spacial score (nSPS) is 23.5. The van der Waals surface area contributed by atoms with Crippen molar-refractivity contribution in [2.45, 2.75) is 6.17 Å². The van der Waals surface area contributed by atoms with Crippen LogP contribution in [0.15, 0.2) is 24.3 Å². The number of amides is 1. The van der Waals surface area contributed by atoms with Crippen LogP contribution in [-0.2, 0) is 0 Å². The van der Waals surface area contributed by atoms with Gasteiger partial charge in [0.15, 0.2) is 0 Å². The summed E-state index contributed by atoms with van der Waals surface area (Å²) in [5.74, 6) is -0.0894. The zero-order chi connectivity index (χ0) is 11.8. The van der Waals surface area contributed by atoms with Crippen molar-refractivity contribution in [2.24, 2.45) is 0 Å². The number of carbonyl (C=O) groups is 1. The maximum absolute atomic E-state index is 11.9. The SMILES string of the molecule is N=C1CNCCN2c3ccccc3C(=O)NC12. The molecule has 0 spiro atoms. The van der Waals surface area contributed by atoms with Gasteiger partial charge in [-0.1, -0.05) is 12.1 Å². The van der Waals surface area contributed by atoms with Crippen molar-refractivity contribution in [3.05, 3.63) is 29.8 Å². The Bertz CT molecular complexity index is 485. The highest BCUT2D eigenvalue weighted by Crippen LogP contribution is 2.26. The lowest BCUT2D eigenvalue weighted by Gasteiger charge is -2.37. The summed E-state index contributed by atoms with van der Waals surface area (Å²) in [5.41, 5.74) is 2.12. The summed E-state index contributed by atoms with van der Waals surface area (Å²) in [5, 5.41) is 14.0. The number of para-hydroxylation sites is 1. The molecule has 2 aliphatic heterocycles. The third-order valence-corrected chi connectivity index (χ3v) is 3.21. The lowest BCUT2D eigenvalue weighted by molar-refractivity contribution is 0.0939. The van der Waals surface area contributed by atoms with Crippen LogP contribution in [0.1, 0.15) is 10.4 Å². The van der Waals surface area contributed by atoms with Gasteiger partial charge in [-0.05, 0) is 12.1 Å². The first-order valence-corrected chi connectivity index (χ1v) is 5.72. The Morgan fingerprint density at radius 1 is 1.35 bits per heavy atom. The third kappa shape index (κ3) is 1.59. The zero-order valence-corrected chi connectivity index (χ0v) is 9.36. The van der Waals surface area contributed by atoms with Gasteiger partial charge < -0.3 is 20.9 Å². The average molecular weight is 230 g/mol. The Morgan fingerprint density at radius 2 is 2.18 bits per heavy atom. The molecule has 0 radical (unpaired) electrons. The molecule has 88 valence electrons. The molecule has 3 N–H and O–H groups in total. The molecule has 0 aromatic heterocycles. The summed E-state index contributed by atoms with van der Waals surface area (Å²) in [6.07, 6.45) is -0.299. The summed E-state index contributed by atoms with van der Waals surface area (Å²) in [6, 6.07) is 7.55. The molecular formula is C12H14N4O. The van der Waals surface area contributed by atoms with E-state index in [0.717, 1.165) is 18.8 Å². The van der Waals surface area contributed by atoms with E-state index >= 15 is 0 Å². The van der Waals surface area contributed by atoms with Gasteiger partial charge in [0, 0.05) is 19.6 Å². The van der Waals surface area contributed by atoms with E-state index in [-0.39, 0.29) is 12.1 Å². The molecule has 1 atom stereocenters. The first-order valence-electron chi connectivity index (χ1n) is 5.72. The molecule has 1 unspecified atom stereocenters. The number of carbonyl (C=O) groups excluding carboxylic acids is 1. The van der Waals surface area contributed by atoms with Gasteiger partial charge in [-0.25, -0.2) is 0 Å². The van der Waals surface area contributed by atoms with Crippen LogP contribution in [0.2, 0.25) is 0 Å². The molecule has 1 aromatic carbocycles. The Kier molecular flexibility index (Phi) is 2.33. The number of nitrogens with one attached hydrogen (secondary N) is 3. The van der Waals surface area contributed by atoms with Crippen LogP contribution >= 0.6 is 0 Å². The van der Waals surface area contributed by atoms with Crippen LogP contribution in [0, 0.1) is 5.41 Å². The minimum Gasteiger partial charge on any atom is -0.345 e. The van der Waals surface area contributed by atoms with Gasteiger partial charge in [0.2, 0.25) is 0 Å². The predicted octanol–water partition coefficient (Wildman–Crippen LogP) is 0.185. The standard InChI is InChI=1S/C12H14N4O/c13-9-7-14-5-6-16-10-4-2-1-3-8(10)12(17)15-11(9)16/h1-4,11,13-14H,5-7H2,(H,15,17). The van der Waals surface area contributed by atoms with Crippen molar-refractivity contribution < 1.29 is 4.79 Å². The molecule has 5 heteroatoms. The molecule has 1 amide bonds. The number of nitrogens with zero attached hydrogens (tertiary/aromatic N) is 1. The van der Waals surface area contributed by atoms with Gasteiger partial charge in [-0.3, -0.25) is 4.79 Å². The second kappa shape index (κ2) is 3.85. The van der Waals surface area contributed by atoms with E-state index in [0.29, 0.717) is 17.8 Å². The van der Waals surface area contributed by atoms with Crippen LogP contribution in [0.3, 0.4) is 0 Å². The maximum Gasteiger partial charge on any atom is 0.255 e. The van der Waals surface area contributed by atoms with Crippen LogP contribution in [0.4, 0.5) is 5.69 Å². The van der Waals surface area contributed by atoms with Crippen molar-refractivity contribution >= 4 is 17.3 Å². The Balaban J connectivity index is 2.08. The predicted molar refractivity (Wildman–Crippen MR) is 65.6 cm³/mol. The molecule has 1 fully saturated rings. The van der Waals surface area contributed by atoms with Crippen LogP contribution in [0.5, 0.6) is 0 Å². The van der Waals surface area contributed by atoms with E-state index < -0.39 is 0 Å². The molecule has 5 nitrogen and oxygen atoms in total. The second-order valence-electron chi connectivity index (χ2n) is 4.29. The Labute approximate surface area is 99.3 Å². The molecule has 17 heavy (non-hydrogen) atoms. The lowest BCUT2D eigenvalue weighted by atomic mass is 10.1. The molecule has 1 saturated heterocycles. The summed E-state index contributed by atoms with van der Waals surface area (Å²) < 4.78 is 0. The molecule has 2 heterocycles. The number of hydrogen-bond donors (Lipinski definition) is 3. The van der Waals surface area contributed by atoms with Gasteiger partial charge in [-0.15, -0.1) is 0 Å². The van der Waals surface area contributed by atoms with E-state index in [4.69, 9.17) is 5.41 Å². The van der Waals surface area contributed by atoms with Crippen LogP contribution < -0.4 is 15.5 Å². The number of rotatable bonds is 0. The Morgan fingerprint density at radius 3 is 3.06 bits per heavy atom. The van der Waals surface area contributed by atoms with Crippen molar-refractivity contribution in [3.8, 4) is 0 Å². The summed E-state index contributed by atoms with van der Waals surface area (Å²) in [7, 11) is 0. The van der Waals surface area contributed by atoms with E-state index in [1.54, 1.807) is 0 Å². The van der Waals surface area contributed by atoms with E-state index in [1.807, 2.05) is 24.3 Å². The van der Waals surface area contributed by atoms with Gasteiger partial charge >= 0.3 is 0 Å². The molecule has 2 aliphatic rings. The first kappa shape index (κ1) is 10.3. The van der Waals surface area contributed by atoms with Gasteiger partial charge in [0.1, 0.15) is 6.17 Å². The minimum atomic E-state index is -0.299. The topological polar surface area (TPSA) is 68.2 Å². The van der Waals surface area contributed by atoms with E-state index in [1.165, 1.54) is 0 Å². The van der Waals surface area contributed by atoms with Crippen molar-refractivity contribution in [1.29, 1.82) is 5.41 Å². The zero-order valence-electron chi connectivity index (χ0n) is 9.36. The van der Waals surface area contributed by atoms with E-state index in [2.05, 4.69) is 15.5 Å². The van der Waals surface area contributed by atoms with Crippen molar-refractivity contribution in [3.63, 3.8) is 0 Å². The largest absolute Gasteiger partial charge is 0.345 e. The molecule has 0 aliphatic carbocycles. The fraction of sp³-hybridized carbons (Fsp3) is 0.333. The molecule has 0 bridgehead atoms. The second-order valence-corrected chi connectivity index (χ2v) is 4.29. The fourth-order valence-electron chi connectivity index (χ4n) is 2.38. The summed E-state index contributed by atoms with van der Waals surface area (Å²) in [6.45, 7) is 2.15. The lowest BCUT2D eigenvalue weighted by Crippen LogP contribution is -2.57. The quantitative estimate of drug-likeness (QED) is 0.596. The van der Waals surface area contributed by atoms with E-state index in [9.17, 15) is 4.79 Å². The highest BCUT2D eigenvalue weighted by molar-refractivity contribution is 6.07. The first-order chi connectivity index (χ1) is 8.27. The minimum absolute atomic E-state index is 0.0894. The van der Waals surface area contributed by atoms with Gasteiger partial charge in [0.25, 0.3) is 5.91 Å². The summed E-state index contributed by atoms with van der Waals surface area (Å²) in [4.78, 5) is 14.0. The van der Waals surface area contributed by atoms with Gasteiger partial charge in [0.05, 0.1) is 17.0 Å². The maximum atomic E-state index is 11.9. The number of hydrogen-bond acceptors (Lipinski definition) is 4. The number of benzene rings is 1. The third-order valence-electron chi connectivity index (χ3n) is 3.21. The summed E-state index contributed by atoms with van der Waals surface area (Å²) >= 11 is 0. The van der Waals surface area contributed by atoms with Crippen molar-refractivity contribution in [2.75, 3.05) is 24.5 Å². The smallest absolute Gasteiger partial charge is 0.255 e. The monoisotopic (exact) mass is 230 g/mol. The number of fused-ring (bicyclic) bond motifs is 3.